The van der Waals surface area contributed by atoms with Crippen LogP contribution in [0.3, 0.4) is 0 Å². The van der Waals surface area contributed by atoms with Crippen molar-refractivity contribution in [2.24, 2.45) is 0 Å². The zero-order valence-corrected chi connectivity index (χ0v) is 19.4. The Labute approximate surface area is 191 Å². The fourth-order valence-electron chi connectivity index (χ4n) is 2.82. The van der Waals surface area contributed by atoms with Crippen LogP contribution in [0.5, 0.6) is 11.5 Å². The summed E-state index contributed by atoms with van der Waals surface area (Å²) in [7, 11) is 5.64. The summed E-state index contributed by atoms with van der Waals surface area (Å²) in [6.45, 7) is 1.36. The van der Waals surface area contributed by atoms with E-state index in [0.29, 0.717) is 28.2 Å². The molecule has 9 heteroatoms. The molecule has 1 amide bonds. The molecule has 0 radical (unpaired) electrons. The quantitative estimate of drug-likeness (QED) is 0.474. The van der Waals surface area contributed by atoms with Crippen molar-refractivity contribution in [1.29, 1.82) is 0 Å². The van der Waals surface area contributed by atoms with Crippen LogP contribution in [0, 0.1) is 0 Å². The molecule has 0 unspecified atom stereocenters. The highest BCUT2D eigenvalue weighted by Gasteiger charge is 2.21. The number of anilines is 1. The minimum atomic E-state index is -0.142. The van der Waals surface area contributed by atoms with Gasteiger partial charge in [0, 0.05) is 11.6 Å². The maximum Gasteiger partial charge on any atom is 0.266 e. The lowest BCUT2D eigenvalue weighted by Crippen LogP contribution is -3.00. The highest BCUT2D eigenvalue weighted by molar-refractivity contribution is 7.22. The molecule has 162 valence electrons. The van der Waals surface area contributed by atoms with Crippen LogP contribution in [0.25, 0.3) is 10.2 Å². The lowest BCUT2D eigenvalue weighted by atomic mass is 10.3. The number of benzene rings is 2. The number of halogens is 2. The number of hydrogen-bond donors (Lipinski definition) is 0. The smallest absolute Gasteiger partial charge is 0.266 e. The minimum Gasteiger partial charge on any atom is -1.00 e. The van der Waals surface area contributed by atoms with Crippen LogP contribution in [-0.4, -0.2) is 56.7 Å². The van der Waals surface area contributed by atoms with Gasteiger partial charge in [-0.15, -0.1) is 0 Å². The number of amides is 1. The van der Waals surface area contributed by atoms with E-state index in [1.54, 1.807) is 36.3 Å². The monoisotopic (exact) mass is 468 g/mol. The second-order valence-electron chi connectivity index (χ2n) is 6.75. The van der Waals surface area contributed by atoms with Crippen molar-refractivity contribution in [1.82, 2.24) is 9.88 Å². The van der Waals surface area contributed by atoms with Gasteiger partial charge in [0.2, 0.25) is 0 Å². The highest BCUT2D eigenvalue weighted by atomic mass is 35.5. The van der Waals surface area contributed by atoms with Crippen LogP contribution < -0.4 is 26.8 Å². The molecule has 2 aromatic carbocycles. The summed E-state index contributed by atoms with van der Waals surface area (Å²) in [5.74, 6) is 1.15. The molecule has 6 nitrogen and oxygen atoms in total. The van der Waals surface area contributed by atoms with E-state index in [1.807, 2.05) is 32.3 Å². The third-order valence-corrected chi connectivity index (χ3v) is 5.58. The molecule has 0 aliphatic heterocycles. The van der Waals surface area contributed by atoms with Crippen molar-refractivity contribution in [2.45, 2.75) is 6.42 Å². The van der Waals surface area contributed by atoms with Gasteiger partial charge in [0.25, 0.3) is 5.91 Å². The Morgan fingerprint density at radius 1 is 1.13 bits per heavy atom. The number of carbonyl (C=O) groups excluding carboxylic acids is 1. The van der Waals surface area contributed by atoms with Gasteiger partial charge in [-0.3, -0.25) is 9.69 Å². The van der Waals surface area contributed by atoms with E-state index in [9.17, 15) is 4.79 Å². The number of aromatic nitrogens is 1. The van der Waals surface area contributed by atoms with Crippen LogP contribution in [0.2, 0.25) is 5.02 Å². The van der Waals surface area contributed by atoms with Crippen molar-refractivity contribution < 1.29 is 26.7 Å². The van der Waals surface area contributed by atoms with E-state index in [-0.39, 0.29) is 24.9 Å². The summed E-state index contributed by atoms with van der Waals surface area (Å²) in [5, 5.41) is 1.27. The van der Waals surface area contributed by atoms with Crippen LogP contribution >= 0.6 is 22.9 Å². The van der Waals surface area contributed by atoms with Gasteiger partial charge in [0.15, 0.2) is 11.7 Å². The van der Waals surface area contributed by atoms with Crippen LogP contribution in [-0.2, 0) is 4.79 Å². The first-order chi connectivity index (χ1) is 14.0. The number of nitrogens with zero attached hydrogens (tertiary/aromatic N) is 3. The lowest BCUT2D eigenvalue weighted by molar-refractivity contribution is -0.120. The first kappa shape index (κ1) is 24.2. The first-order valence-corrected chi connectivity index (χ1v) is 10.4. The molecule has 1 heterocycles. The van der Waals surface area contributed by atoms with Crippen LogP contribution in [0.15, 0.2) is 42.5 Å². The summed E-state index contributed by atoms with van der Waals surface area (Å²) in [5.41, 5.74) is 0.763. The lowest BCUT2D eigenvalue weighted by Gasteiger charge is -2.21. The zero-order chi connectivity index (χ0) is 20.8. The molecule has 0 N–H and O–H groups in total. The molecule has 3 rings (SSSR count). The summed E-state index contributed by atoms with van der Waals surface area (Å²) in [4.78, 5) is 21.5. The number of carbonyl (C=O) groups is 1. The van der Waals surface area contributed by atoms with Gasteiger partial charge in [-0.25, -0.2) is 4.98 Å². The van der Waals surface area contributed by atoms with E-state index in [0.717, 1.165) is 23.2 Å². The molecule has 30 heavy (non-hydrogen) atoms. The number of methoxy groups -OCH3 is 1. The molecule has 3 aromatic rings. The third kappa shape index (κ3) is 6.22. The van der Waals surface area contributed by atoms with Gasteiger partial charge < -0.3 is 26.8 Å². The fraction of sp³-hybridized carbons (Fsp3) is 0.333. The van der Waals surface area contributed by atoms with Gasteiger partial charge in [0.1, 0.15) is 17.0 Å². The van der Waals surface area contributed by atoms with Crippen molar-refractivity contribution >= 4 is 44.2 Å². The van der Waals surface area contributed by atoms with Gasteiger partial charge in [-0.2, -0.15) is 0 Å². The summed E-state index contributed by atoms with van der Waals surface area (Å²) < 4.78 is 12.0. The van der Waals surface area contributed by atoms with E-state index < -0.39 is 0 Å². The van der Waals surface area contributed by atoms with Crippen LogP contribution in [0.1, 0.15) is 6.42 Å². The standard InChI is InChI=1S/C21H24ClN3O3S.ClH/c1-24(2)12-5-13-25(19(26)14-28-16-10-8-15(22)9-11-16)21-23-20-17(27-3)6-4-7-18(20)29-21;/h4,6-11H,5,12-14H2,1-3H3;1H/p-1. The molecule has 0 fully saturated rings. The fourth-order valence-corrected chi connectivity index (χ4v) is 3.97. The Kier molecular flexibility index (Phi) is 9.17. The summed E-state index contributed by atoms with van der Waals surface area (Å²) >= 11 is 7.37. The van der Waals surface area contributed by atoms with E-state index in [1.165, 1.54) is 11.3 Å². The van der Waals surface area contributed by atoms with E-state index in [2.05, 4.69) is 9.88 Å². The van der Waals surface area contributed by atoms with Gasteiger partial charge >= 0.3 is 0 Å². The Morgan fingerprint density at radius 3 is 2.53 bits per heavy atom. The largest absolute Gasteiger partial charge is 1.00 e. The maximum atomic E-state index is 13.0. The number of para-hydroxylation sites is 1. The summed E-state index contributed by atoms with van der Waals surface area (Å²) in [6, 6.07) is 12.7. The molecule has 0 bridgehead atoms. The van der Waals surface area contributed by atoms with Crippen molar-refractivity contribution in [3.05, 3.63) is 47.5 Å². The SMILES string of the molecule is COc1cccc2sc(N(CCCN(C)C)C(=O)COc3ccc(Cl)cc3)nc12.[Cl-]. The second-order valence-corrected chi connectivity index (χ2v) is 8.19. The van der Waals surface area contributed by atoms with Crippen LogP contribution in [0.4, 0.5) is 5.13 Å². The molecular weight excluding hydrogens is 445 g/mol. The Morgan fingerprint density at radius 2 is 1.87 bits per heavy atom. The summed E-state index contributed by atoms with van der Waals surface area (Å²) in [6.07, 6.45) is 0.826. The minimum absolute atomic E-state index is 0. The molecule has 0 aliphatic carbocycles. The number of thiazole rings is 1. The van der Waals surface area contributed by atoms with E-state index in [4.69, 9.17) is 21.1 Å². The predicted octanol–water partition coefficient (Wildman–Crippen LogP) is 1.33. The molecule has 0 saturated heterocycles. The normalized spacial score (nSPS) is 10.7. The average Bonchev–Trinajstić information content (AvgIpc) is 3.14. The first-order valence-electron chi connectivity index (χ1n) is 9.25. The predicted molar refractivity (Wildman–Crippen MR) is 119 cm³/mol. The number of rotatable bonds is 9. The molecular formula is C21H24Cl2N3O3S-. The highest BCUT2D eigenvalue weighted by Crippen LogP contribution is 2.34. The molecule has 0 atom stereocenters. The topological polar surface area (TPSA) is 54.9 Å². The molecule has 1 aromatic heterocycles. The van der Waals surface area contributed by atoms with Gasteiger partial charge in [0.05, 0.1) is 11.8 Å². The Bertz CT molecular complexity index is 964. The zero-order valence-electron chi connectivity index (χ0n) is 17.1. The van der Waals surface area contributed by atoms with Gasteiger partial charge in [-0.1, -0.05) is 29.0 Å². The van der Waals surface area contributed by atoms with Crippen molar-refractivity contribution in [2.75, 3.05) is 45.8 Å². The number of ether oxygens (including phenoxy) is 2. The van der Waals surface area contributed by atoms with E-state index >= 15 is 0 Å². The molecule has 0 aliphatic rings. The Balaban J connectivity index is 0.00000320. The third-order valence-electron chi connectivity index (χ3n) is 4.29. The Hall–Kier alpha value is -2.06. The molecule has 0 spiro atoms. The second kappa shape index (κ2) is 11.4. The van der Waals surface area contributed by atoms with Crippen molar-refractivity contribution in [3.8, 4) is 11.5 Å². The number of hydrogen-bond acceptors (Lipinski definition) is 6. The number of fused-ring (bicyclic) bond motifs is 1. The van der Waals surface area contributed by atoms with Crippen molar-refractivity contribution in [3.63, 3.8) is 0 Å². The van der Waals surface area contributed by atoms with Gasteiger partial charge in [-0.05, 0) is 63.5 Å². The molecule has 0 saturated carbocycles. The maximum absolute atomic E-state index is 13.0. The average molecular weight is 469 g/mol.